The fourth-order valence-corrected chi connectivity index (χ4v) is 2.08. The Bertz CT molecular complexity index is 717. The van der Waals surface area contributed by atoms with Gasteiger partial charge in [0.2, 0.25) is 5.91 Å². The topological polar surface area (TPSA) is 47.6 Å². The van der Waals surface area contributed by atoms with E-state index < -0.39 is 6.61 Å². The minimum atomic E-state index is -2.92. The van der Waals surface area contributed by atoms with Crippen molar-refractivity contribution < 1.29 is 23.0 Å². The Morgan fingerprint density at radius 2 is 1.79 bits per heavy atom. The minimum Gasteiger partial charge on any atom is -0.496 e. The highest BCUT2D eigenvalue weighted by Gasteiger charge is 2.07. The molecular weight excluding hydrogens is 316 g/mol. The molecule has 0 bridgehead atoms. The number of benzene rings is 2. The van der Waals surface area contributed by atoms with Gasteiger partial charge in [-0.15, -0.1) is 0 Å². The number of nitrogens with one attached hydrogen (secondary N) is 1. The summed E-state index contributed by atoms with van der Waals surface area (Å²) in [5.74, 6) is 0.339. The van der Waals surface area contributed by atoms with Gasteiger partial charge in [0, 0.05) is 23.7 Å². The molecule has 0 heterocycles. The van der Waals surface area contributed by atoms with E-state index >= 15 is 0 Å². The molecule has 126 valence electrons. The third-order valence-corrected chi connectivity index (χ3v) is 3.19. The van der Waals surface area contributed by atoms with Crippen LogP contribution in [-0.4, -0.2) is 19.6 Å². The number of carbonyl (C=O) groups excluding carboxylic acids is 1. The Balaban J connectivity index is 1.98. The van der Waals surface area contributed by atoms with Gasteiger partial charge in [0.15, 0.2) is 0 Å². The zero-order valence-electron chi connectivity index (χ0n) is 13.0. The van der Waals surface area contributed by atoms with Gasteiger partial charge in [-0.05, 0) is 18.2 Å². The number of methoxy groups -OCH3 is 1. The van der Waals surface area contributed by atoms with Crippen molar-refractivity contribution in [2.45, 2.75) is 13.2 Å². The molecule has 0 spiro atoms. The standard InChI is InChI=1S/C18H17F2NO3/c1-23-15-8-4-3-7-14(15)12-21-17(22)11-10-13-6-2-5-9-16(13)24-18(19)20/h2-11,18H,12H2,1H3,(H,21,22)/b11-10+. The van der Waals surface area contributed by atoms with Crippen molar-refractivity contribution in [3.8, 4) is 11.5 Å². The van der Waals surface area contributed by atoms with Crippen LogP contribution in [-0.2, 0) is 11.3 Å². The zero-order valence-corrected chi connectivity index (χ0v) is 13.0. The van der Waals surface area contributed by atoms with E-state index in [9.17, 15) is 13.6 Å². The van der Waals surface area contributed by atoms with Crippen molar-refractivity contribution in [2.75, 3.05) is 7.11 Å². The number of ether oxygens (including phenoxy) is 2. The Labute approximate surface area is 138 Å². The number of para-hydroxylation sites is 2. The molecule has 4 nitrogen and oxygen atoms in total. The predicted octanol–water partition coefficient (Wildman–Crippen LogP) is 3.63. The first-order valence-electron chi connectivity index (χ1n) is 7.22. The number of amides is 1. The van der Waals surface area contributed by atoms with Crippen LogP contribution in [0.4, 0.5) is 8.78 Å². The summed E-state index contributed by atoms with van der Waals surface area (Å²) in [5.41, 5.74) is 1.23. The van der Waals surface area contributed by atoms with Crippen molar-refractivity contribution in [3.63, 3.8) is 0 Å². The Morgan fingerprint density at radius 3 is 2.50 bits per heavy atom. The summed E-state index contributed by atoms with van der Waals surface area (Å²) in [6.07, 6.45) is 2.69. The maximum Gasteiger partial charge on any atom is 0.387 e. The second kappa shape index (κ2) is 8.67. The number of hydrogen-bond donors (Lipinski definition) is 1. The summed E-state index contributed by atoms with van der Waals surface area (Å²) >= 11 is 0. The van der Waals surface area contributed by atoms with E-state index in [2.05, 4.69) is 10.1 Å². The molecule has 6 heteroatoms. The number of halogens is 2. The highest BCUT2D eigenvalue weighted by Crippen LogP contribution is 2.21. The van der Waals surface area contributed by atoms with Gasteiger partial charge in [-0.1, -0.05) is 36.4 Å². The fourth-order valence-electron chi connectivity index (χ4n) is 2.08. The number of hydrogen-bond acceptors (Lipinski definition) is 3. The highest BCUT2D eigenvalue weighted by atomic mass is 19.3. The monoisotopic (exact) mass is 333 g/mol. The average molecular weight is 333 g/mol. The first-order chi connectivity index (χ1) is 11.6. The lowest BCUT2D eigenvalue weighted by molar-refractivity contribution is -0.116. The second-order valence-electron chi connectivity index (χ2n) is 4.78. The molecule has 2 aromatic rings. The van der Waals surface area contributed by atoms with Gasteiger partial charge in [0.25, 0.3) is 0 Å². The number of carbonyl (C=O) groups is 1. The van der Waals surface area contributed by atoms with Crippen LogP contribution in [0.5, 0.6) is 11.5 Å². The average Bonchev–Trinajstić information content (AvgIpc) is 2.59. The molecule has 0 aliphatic carbocycles. The molecule has 0 saturated carbocycles. The largest absolute Gasteiger partial charge is 0.496 e. The number of alkyl halides is 2. The van der Waals surface area contributed by atoms with Crippen LogP contribution in [0.25, 0.3) is 6.08 Å². The second-order valence-corrected chi connectivity index (χ2v) is 4.78. The van der Waals surface area contributed by atoms with Crippen LogP contribution < -0.4 is 14.8 Å². The summed E-state index contributed by atoms with van der Waals surface area (Å²) in [6, 6.07) is 13.6. The van der Waals surface area contributed by atoms with Crippen molar-refractivity contribution >= 4 is 12.0 Å². The van der Waals surface area contributed by atoms with Gasteiger partial charge < -0.3 is 14.8 Å². The first-order valence-corrected chi connectivity index (χ1v) is 7.22. The maximum absolute atomic E-state index is 12.3. The van der Waals surface area contributed by atoms with Gasteiger partial charge in [-0.3, -0.25) is 4.79 Å². The molecule has 0 aliphatic rings. The van der Waals surface area contributed by atoms with Gasteiger partial charge in [0.1, 0.15) is 11.5 Å². The Hall–Kier alpha value is -2.89. The molecule has 0 saturated heterocycles. The molecule has 0 fully saturated rings. The summed E-state index contributed by atoms with van der Waals surface area (Å²) < 4.78 is 34.3. The van der Waals surface area contributed by atoms with E-state index in [4.69, 9.17) is 4.74 Å². The fraction of sp³-hybridized carbons (Fsp3) is 0.167. The maximum atomic E-state index is 12.3. The summed E-state index contributed by atoms with van der Waals surface area (Å²) in [5, 5.41) is 2.71. The van der Waals surface area contributed by atoms with Crippen LogP contribution in [0, 0.1) is 0 Å². The lowest BCUT2D eigenvalue weighted by Crippen LogP contribution is -2.20. The van der Waals surface area contributed by atoms with E-state index in [-0.39, 0.29) is 11.7 Å². The Kier molecular flexibility index (Phi) is 6.31. The molecule has 1 N–H and O–H groups in total. The zero-order chi connectivity index (χ0) is 17.4. The normalized spacial score (nSPS) is 10.8. The highest BCUT2D eigenvalue weighted by molar-refractivity contribution is 5.92. The van der Waals surface area contributed by atoms with Crippen molar-refractivity contribution in [1.82, 2.24) is 5.32 Å². The van der Waals surface area contributed by atoms with Crippen molar-refractivity contribution in [2.24, 2.45) is 0 Å². The smallest absolute Gasteiger partial charge is 0.387 e. The predicted molar refractivity (Wildman–Crippen MR) is 86.9 cm³/mol. The van der Waals surface area contributed by atoms with E-state index in [0.29, 0.717) is 17.9 Å². The third-order valence-electron chi connectivity index (χ3n) is 3.19. The van der Waals surface area contributed by atoms with E-state index in [1.54, 1.807) is 31.4 Å². The molecule has 1 amide bonds. The lowest BCUT2D eigenvalue weighted by atomic mass is 10.2. The molecule has 24 heavy (non-hydrogen) atoms. The molecule has 2 aromatic carbocycles. The summed E-state index contributed by atoms with van der Waals surface area (Å²) in [6.45, 7) is -2.62. The van der Waals surface area contributed by atoms with Gasteiger partial charge >= 0.3 is 6.61 Å². The van der Waals surface area contributed by atoms with Crippen LogP contribution in [0.2, 0.25) is 0 Å². The van der Waals surface area contributed by atoms with Gasteiger partial charge in [0.05, 0.1) is 7.11 Å². The third kappa shape index (κ3) is 5.08. The summed E-state index contributed by atoms with van der Waals surface area (Å²) in [7, 11) is 1.56. The molecule has 0 atom stereocenters. The summed E-state index contributed by atoms with van der Waals surface area (Å²) in [4.78, 5) is 11.9. The molecule has 2 rings (SSSR count). The Morgan fingerprint density at radius 1 is 1.12 bits per heavy atom. The lowest BCUT2D eigenvalue weighted by Gasteiger charge is -2.09. The van der Waals surface area contributed by atoms with Gasteiger partial charge in [-0.25, -0.2) is 0 Å². The van der Waals surface area contributed by atoms with E-state index in [1.807, 2.05) is 18.2 Å². The molecule has 0 radical (unpaired) electrons. The van der Waals surface area contributed by atoms with Crippen LogP contribution in [0.15, 0.2) is 54.6 Å². The van der Waals surface area contributed by atoms with E-state index in [1.165, 1.54) is 18.2 Å². The quantitative estimate of drug-likeness (QED) is 0.787. The first kappa shape index (κ1) is 17.5. The molecule has 0 aliphatic heterocycles. The SMILES string of the molecule is COc1ccccc1CNC(=O)/C=C/c1ccccc1OC(F)F. The molecule has 0 unspecified atom stereocenters. The van der Waals surface area contributed by atoms with E-state index in [0.717, 1.165) is 5.56 Å². The number of rotatable bonds is 7. The van der Waals surface area contributed by atoms with Crippen LogP contribution in [0.1, 0.15) is 11.1 Å². The van der Waals surface area contributed by atoms with Gasteiger partial charge in [-0.2, -0.15) is 8.78 Å². The van der Waals surface area contributed by atoms with Crippen molar-refractivity contribution in [3.05, 3.63) is 65.7 Å². The van der Waals surface area contributed by atoms with Crippen LogP contribution >= 0.6 is 0 Å². The minimum absolute atomic E-state index is 0.0151. The molecular formula is C18H17F2NO3. The molecule has 0 aromatic heterocycles. The van der Waals surface area contributed by atoms with Crippen molar-refractivity contribution in [1.29, 1.82) is 0 Å². The van der Waals surface area contributed by atoms with Crippen LogP contribution in [0.3, 0.4) is 0 Å².